The smallest absolute Gasteiger partial charge is 0.191 e. The van der Waals surface area contributed by atoms with E-state index in [1.807, 2.05) is 35.1 Å². The number of nitrogens with one attached hydrogen (secondary N) is 2. The molecule has 1 aromatic heterocycles. The van der Waals surface area contributed by atoms with Crippen molar-refractivity contribution in [3.05, 3.63) is 77.6 Å². The van der Waals surface area contributed by atoms with Crippen molar-refractivity contribution in [3.63, 3.8) is 0 Å². The Labute approximate surface area is 199 Å². The van der Waals surface area contributed by atoms with Gasteiger partial charge in [0.1, 0.15) is 0 Å². The van der Waals surface area contributed by atoms with Crippen LogP contribution in [0.1, 0.15) is 23.1 Å². The van der Waals surface area contributed by atoms with Gasteiger partial charge in [-0.3, -0.25) is 9.67 Å². The highest BCUT2D eigenvalue weighted by atomic mass is 127. The van der Waals surface area contributed by atoms with E-state index in [-0.39, 0.29) is 24.0 Å². The highest BCUT2D eigenvalue weighted by Gasteiger charge is 2.11. The fourth-order valence-corrected chi connectivity index (χ4v) is 3.36. The second kappa shape index (κ2) is 11.6. The summed E-state index contributed by atoms with van der Waals surface area (Å²) in [5.41, 5.74) is 3.56. The number of ether oxygens (including phenoxy) is 2. The molecule has 7 nitrogen and oxygen atoms in total. The number of aromatic nitrogens is 2. The molecule has 164 valence electrons. The first-order valence-corrected chi connectivity index (χ1v) is 10.2. The van der Waals surface area contributed by atoms with Crippen molar-refractivity contribution in [2.24, 2.45) is 4.99 Å². The van der Waals surface area contributed by atoms with Crippen molar-refractivity contribution in [1.29, 1.82) is 0 Å². The van der Waals surface area contributed by atoms with Crippen molar-refractivity contribution in [2.75, 3.05) is 20.3 Å². The SMILES string of the molecule is CN=C(NCc1ccc2c(c1)OCCCO2)NCc1ccccc1Cn1cccn1.I. The van der Waals surface area contributed by atoms with Gasteiger partial charge in [-0.2, -0.15) is 5.10 Å². The average molecular weight is 533 g/mol. The Morgan fingerprint density at radius 2 is 1.77 bits per heavy atom. The van der Waals surface area contributed by atoms with Crippen LogP contribution in [0.3, 0.4) is 0 Å². The number of hydrogen-bond acceptors (Lipinski definition) is 4. The van der Waals surface area contributed by atoms with Gasteiger partial charge >= 0.3 is 0 Å². The summed E-state index contributed by atoms with van der Waals surface area (Å²) >= 11 is 0. The number of hydrogen-bond donors (Lipinski definition) is 2. The Morgan fingerprint density at radius 3 is 2.55 bits per heavy atom. The molecule has 0 atom stereocenters. The van der Waals surface area contributed by atoms with E-state index in [4.69, 9.17) is 9.47 Å². The van der Waals surface area contributed by atoms with Crippen LogP contribution < -0.4 is 20.1 Å². The summed E-state index contributed by atoms with van der Waals surface area (Å²) in [5.74, 6) is 2.37. The Balaban J connectivity index is 0.00000272. The van der Waals surface area contributed by atoms with Crippen molar-refractivity contribution in [1.82, 2.24) is 20.4 Å². The van der Waals surface area contributed by atoms with Crippen LogP contribution in [0.2, 0.25) is 0 Å². The van der Waals surface area contributed by atoms with E-state index in [1.54, 1.807) is 13.2 Å². The zero-order valence-corrected chi connectivity index (χ0v) is 19.9. The summed E-state index contributed by atoms with van der Waals surface area (Å²) in [4.78, 5) is 4.35. The molecule has 0 saturated carbocycles. The van der Waals surface area contributed by atoms with Gasteiger partial charge in [-0.25, -0.2) is 0 Å². The molecule has 3 aromatic rings. The van der Waals surface area contributed by atoms with Gasteiger partial charge in [0.15, 0.2) is 17.5 Å². The maximum atomic E-state index is 5.78. The standard InChI is InChI=1S/C23H27N5O2.HI/c1-24-23(25-15-18-8-9-21-22(14-18)30-13-5-12-29-21)26-16-19-6-2-3-7-20(19)17-28-11-4-10-27-28;/h2-4,6-11,14H,5,12-13,15-17H2,1H3,(H2,24,25,26);1H. The molecule has 0 aliphatic carbocycles. The Morgan fingerprint density at radius 1 is 1.00 bits per heavy atom. The van der Waals surface area contributed by atoms with Crippen molar-refractivity contribution in [3.8, 4) is 11.5 Å². The van der Waals surface area contributed by atoms with E-state index in [0.29, 0.717) is 26.3 Å². The third-order valence-electron chi connectivity index (χ3n) is 4.95. The lowest BCUT2D eigenvalue weighted by Crippen LogP contribution is -2.36. The second-order valence-corrected chi connectivity index (χ2v) is 7.08. The molecule has 0 unspecified atom stereocenters. The quantitative estimate of drug-likeness (QED) is 0.288. The third kappa shape index (κ3) is 6.36. The first-order chi connectivity index (χ1) is 14.8. The Kier molecular flexibility index (Phi) is 8.57. The van der Waals surface area contributed by atoms with Crippen LogP contribution in [0.5, 0.6) is 11.5 Å². The van der Waals surface area contributed by atoms with E-state index >= 15 is 0 Å². The third-order valence-corrected chi connectivity index (χ3v) is 4.95. The molecule has 2 aromatic carbocycles. The van der Waals surface area contributed by atoms with Gasteiger partial charge in [0.2, 0.25) is 0 Å². The molecule has 31 heavy (non-hydrogen) atoms. The fourth-order valence-electron chi connectivity index (χ4n) is 3.36. The largest absolute Gasteiger partial charge is 0.490 e. The monoisotopic (exact) mass is 533 g/mol. The van der Waals surface area contributed by atoms with Crippen LogP contribution >= 0.6 is 24.0 Å². The number of rotatable bonds is 6. The molecule has 0 radical (unpaired) electrons. The van der Waals surface area contributed by atoms with E-state index in [2.05, 4.69) is 45.0 Å². The maximum Gasteiger partial charge on any atom is 0.191 e. The molecular formula is C23H28IN5O2. The molecular weight excluding hydrogens is 505 g/mol. The van der Waals surface area contributed by atoms with Crippen molar-refractivity contribution >= 4 is 29.9 Å². The number of halogens is 1. The summed E-state index contributed by atoms with van der Waals surface area (Å²) in [6.07, 6.45) is 4.67. The van der Waals surface area contributed by atoms with Crippen LogP contribution in [0.4, 0.5) is 0 Å². The maximum absolute atomic E-state index is 5.78. The zero-order chi connectivity index (χ0) is 20.6. The number of aliphatic imine (C=N–C) groups is 1. The van der Waals surface area contributed by atoms with Crippen LogP contribution in [0.15, 0.2) is 65.9 Å². The highest BCUT2D eigenvalue weighted by Crippen LogP contribution is 2.30. The van der Waals surface area contributed by atoms with Gasteiger partial charge in [0, 0.05) is 39.0 Å². The van der Waals surface area contributed by atoms with Gasteiger partial charge in [0.05, 0.1) is 19.8 Å². The first-order valence-electron chi connectivity index (χ1n) is 10.2. The summed E-state index contributed by atoms with van der Waals surface area (Å²) in [6.45, 7) is 3.45. The first kappa shape index (κ1) is 22.9. The van der Waals surface area contributed by atoms with E-state index in [0.717, 1.165) is 36.0 Å². The summed E-state index contributed by atoms with van der Waals surface area (Å²) in [6, 6.07) is 16.4. The zero-order valence-electron chi connectivity index (χ0n) is 17.6. The lowest BCUT2D eigenvalue weighted by atomic mass is 10.1. The molecule has 0 spiro atoms. The van der Waals surface area contributed by atoms with Gasteiger partial charge in [0.25, 0.3) is 0 Å². The minimum absolute atomic E-state index is 0. The molecule has 2 heterocycles. The van der Waals surface area contributed by atoms with Crippen molar-refractivity contribution in [2.45, 2.75) is 26.1 Å². The van der Waals surface area contributed by atoms with Gasteiger partial charge in [-0.15, -0.1) is 24.0 Å². The molecule has 0 fully saturated rings. The van der Waals surface area contributed by atoms with E-state index in [9.17, 15) is 0 Å². The molecule has 1 aliphatic heterocycles. The number of benzene rings is 2. The molecule has 0 bridgehead atoms. The lowest BCUT2D eigenvalue weighted by Gasteiger charge is -2.15. The van der Waals surface area contributed by atoms with E-state index < -0.39 is 0 Å². The highest BCUT2D eigenvalue weighted by molar-refractivity contribution is 14.0. The Hall–Kier alpha value is -2.75. The predicted molar refractivity (Wildman–Crippen MR) is 132 cm³/mol. The normalized spacial score (nSPS) is 13.1. The van der Waals surface area contributed by atoms with Gasteiger partial charge < -0.3 is 20.1 Å². The van der Waals surface area contributed by atoms with Crippen molar-refractivity contribution < 1.29 is 9.47 Å². The van der Waals surface area contributed by atoms with Crippen LogP contribution in [-0.4, -0.2) is 36.0 Å². The van der Waals surface area contributed by atoms with Crippen LogP contribution in [0.25, 0.3) is 0 Å². The minimum Gasteiger partial charge on any atom is -0.490 e. The number of fused-ring (bicyclic) bond motifs is 1. The van der Waals surface area contributed by atoms with Crippen LogP contribution in [-0.2, 0) is 19.6 Å². The molecule has 2 N–H and O–H groups in total. The van der Waals surface area contributed by atoms with Gasteiger partial charge in [-0.05, 0) is 34.9 Å². The molecule has 4 rings (SSSR count). The number of guanidine groups is 1. The van der Waals surface area contributed by atoms with Gasteiger partial charge in [-0.1, -0.05) is 30.3 Å². The topological polar surface area (TPSA) is 72.7 Å². The average Bonchev–Trinajstić information content (AvgIpc) is 3.17. The summed E-state index contributed by atoms with van der Waals surface area (Å²) in [7, 11) is 1.78. The summed E-state index contributed by atoms with van der Waals surface area (Å²) in [5, 5.41) is 11.1. The molecule has 1 aliphatic rings. The Bertz CT molecular complexity index is 991. The predicted octanol–water partition coefficient (Wildman–Crippen LogP) is 3.58. The van der Waals surface area contributed by atoms with E-state index in [1.165, 1.54) is 11.1 Å². The molecule has 0 saturated heterocycles. The number of nitrogens with zero attached hydrogens (tertiary/aromatic N) is 3. The summed E-state index contributed by atoms with van der Waals surface area (Å²) < 4.78 is 13.4. The molecule has 8 heteroatoms. The van der Waals surface area contributed by atoms with Crippen LogP contribution in [0, 0.1) is 0 Å². The fraction of sp³-hybridized carbons (Fsp3) is 0.304. The molecule has 0 amide bonds. The second-order valence-electron chi connectivity index (χ2n) is 7.08. The lowest BCUT2D eigenvalue weighted by molar-refractivity contribution is 0.297. The minimum atomic E-state index is 0.